The zero-order chi connectivity index (χ0) is 11.8. The lowest BCUT2D eigenvalue weighted by atomic mass is 9.69. The molecule has 0 spiro atoms. The van der Waals surface area contributed by atoms with Gasteiger partial charge in [0, 0.05) is 0 Å². The van der Waals surface area contributed by atoms with Crippen LogP contribution in [0.3, 0.4) is 0 Å². The first-order chi connectivity index (χ1) is 7.55. The number of aromatic nitrogens is 1. The SMILES string of the molecule is CC(C)C1CCCCC1(O)c1scnc1Br. The minimum Gasteiger partial charge on any atom is -0.384 e. The van der Waals surface area contributed by atoms with Crippen LogP contribution in [0.2, 0.25) is 0 Å². The molecule has 1 aliphatic carbocycles. The molecule has 1 fully saturated rings. The lowest BCUT2D eigenvalue weighted by molar-refractivity contribution is -0.0699. The highest BCUT2D eigenvalue weighted by Crippen LogP contribution is 2.48. The Morgan fingerprint density at radius 2 is 2.31 bits per heavy atom. The molecule has 0 radical (unpaired) electrons. The molecule has 1 heterocycles. The molecule has 1 saturated carbocycles. The smallest absolute Gasteiger partial charge is 0.123 e. The molecule has 2 atom stereocenters. The highest BCUT2D eigenvalue weighted by atomic mass is 79.9. The number of nitrogens with zero attached hydrogens (tertiary/aromatic N) is 1. The van der Waals surface area contributed by atoms with E-state index in [2.05, 4.69) is 34.8 Å². The summed E-state index contributed by atoms with van der Waals surface area (Å²) >= 11 is 5.02. The fourth-order valence-corrected chi connectivity index (χ4v) is 4.60. The van der Waals surface area contributed by atoms with Crippen LogP contribution < -0.4 is 0 Å². The number of hydrogen-bond donors (Lipinski definition) is 1. The normalized spacial score (nSPS) is 30.9. The molecule has 16 heavy (non-hydrogen) atoms. The van der Waals surface area contributed by atoms with E-state index in [1.807, 2.05) is 5.51 Å². The molecule has 0 aliphatic heterocycles. The van der Waals surface area contributed by atoms with Crippen molar-refractivity contribution in [1.29, 1.82) is 0 Å². The van der Waals surface area contributed by atoms with Crippen LogP contribution in [0.1, 0.15) is 44.4 Å². The van der Waals surface area contributed by atoms with E-state index >= 15 is 0 Å². The van der Waals surface area contributed by atoms with Crippen molar-refractivity contribution >= 4 is 27.3 Å². The molecule has 1 aliphatic rings. The topological polar surface area (TPSA) is 33.1 Å². The van der Waals surface area contributed by atoms with E-state index in [-0.39, 0.29) is 0 Å². The molecule has 1 N–H and O–H groups in total. The molecule has 0 bridgehead atoms. The van der Waals surface area contributed by atoms with Gasteiger partial charge in [-0.25, -0.2) is 4.98 Å². The van der Waals surface area contributed by atoms with Crippen LogP contribution in [0.5, 0.6) is 0 Å². The van der Waals surface area contributed by atoms with Crippen molar-refractivity contribution < 1.29 is 5.11 Å². The van der Waals surface area contributed by atoms with Crippen molar-refractivity contribution in [2.45, 2.75) is 45.1 Å². The molecule has 0 saturated heterocycles. The molecule has 4 heteroatoms. The lowest BCUT2D eigenvalue weighted by Gasteiger charge is -2.41. The van der Waals surface area contributed by atoms with Crippen molar-refractivity contribution in [1.82, 2.24) is 4.98 Å². The van der Waals surface area contributed by atoms with Crippen molar-refractivity contribution in [3.05, 3.63) is 15.0 Å². The van der Waals surface area contributed by atoms with Crippen LogP contribution in [0.25, 0.3) is 0 Å². The van der Waals surface area contributed by atoms with Crippen molar-refractivity contribution in [2.24, 2.45) is 11.8 Å². The number of rotatable bonds is 2. The quantitative estimate of drug-likeness (QED) is 0.897. The second-order valence-corrected chi connectivity index (χ2v) is 6.60. The van der Waals surface area contributed by atoms with Crippen molar-refractivity contribution in [3.63, 3.8) is 0 Å². The second-order valence-electron chi connectivity index (χ2n) is 4.99. The van der Waals surface area contributed by atoms with Gasteiger partial charge in [0.05, 0.1) is 10.4 Å². The number of halogens is 1. The van der Waals surface area contributed by atoms with Gasteiger partial charge < -0.3 is 5.11 Å². The zero-order valence-electron chi connectivity index (χ0n) is 9.74. The van der Waals surface area contributed by atoms with E-state index in [1.165, 1.54) is 6.42 Å². The minimum absolute atomic E-state index is 0.359. The van der Waals surface area contributed by atoms with Gasteiger partial charge >= 0.3 is 0 Å². The standard InChI is InChI=1S/C12H18BrNOS/c1-8(2)9-5-3-4-6-12(9,15)10-11(13)14-7-16-10/h7-9,15H,3-6H2,1-2H3. The van der Waals surface area contributed by atoms with Gasteiger partial charge in [-0.2, -0.15) is 0 Å². The fourth-order valence-electron chi connectivity index (χ4n) is 2.86. The predicted molar refractivity (Wildman–Crippen MR) is 70.5 cm³/mol. The lowest BCUT2D eigenvalue weighted by Crippen LogP contribution is -2.40. The van der Waals surface area contributed by atoms with Crippen molar-refractivity contribution in [3.8, 4) is 0 Å². The van der Waals surface area contributed by atoms with Gasteiger partial charge in [0.1, 0.15) is 10.2 Å². The van der Waals surface area contributed by atoms with Gasteiger partial charge in [-0.1, -0.05) is 26.7 Å². The Bertz CT molecular complexity index is 366. The summed E-state index contributed by atoms with van der Waals surface area (Å²) < 4.78 is 0.826. The molecule has 1 aromatic heterocycles. The summed E-state index contributed by atoms with van der Waals surface area (Å²) in [6.45, 7) is 4.41. The highest BCUT2D eigenvalue weighted by molar-refractivity contribution is 9.10. The van der Waals surface area contributed by atoms with Gasteiger partial charge in [0.2, 0.25) is 0 Å². The molecular weight excluding hydrogens is 286 g/mol. The summed E-state index contributed by atoms with van der Waals surface area (Å²) in [7, 11) is 0. The van der Waals surface area contributed by atoms with Crippen molar-refractivity contribution in [2.75, 3.05) is 0 Å². The summed E-state index contributed by atoms with van der Waals surface area (Å²) in [6.07, 6.45) is 4.35. The van der Waals surface area contributed by atoms with Gasteiger partial charge in [0.15, 0.2) is 0 Å². The summed E-state index contributed by atoms with van der Waals surface area (Å²) in [5.41, 5.74) is 1.15. The van der Waals surface area contributed by atoms with E-state index in [9.17, 15) is 5.11 Å². The molecule has 0 aromatic carbocycles. The van der Waals surface area contributed by atoms with E-state index in [0.717, 1.165) is 28.7 Å². The molecule has 2 nitrogen and oxygen atoms in total. The molecular formula is C12H18BrNOS. The van der Waals surface area contributed by atoms with E-state index in [1.54, 1.807) is 11.3 Å². The number of hydrogen-bond acceptors (Lipinski definition) is 3. The minimum atomic E-state index is -0.660. The monoisotopic (exact) mass is 303 g/mol. The Kier molecular flexibility index (Phi) is 3.72. The summed E-state index contributed by atoms with van der Waals surface area (Å²) in [5, 5.41) is 11.0. The van der Waals surface area contributed by atoms with Crippen LogP contribution in [0.4, 0.5) is 0 Å². The van der Waals surface area contributed by atoms with Gasteiger partial charge in [-0.05, 0) is 40.6 Å². The predicted octanol–water partition coefficient (Wildman–Crippen LogP) is 3.94. The molecule has 90 valence electrons. The summed E-state index contributed by atoms with van der Waals surface area (Å²) in [4.78, 5) is 5.23. The van der Waals surface area contributed by atoms with E-state index < -0.39 is 5.60 Å². The summed E-state index contributed by atoms with van der Waals surface area (Å²) in [6, 6.07) is 0. The van der Waals surface area contributed by atoms with E-state index in [4.69, 9.17) is 0 Å². The Hall–Kier alpha value is 0.0700. The maximum absolute atomic E-state index is 11.0. The first-order valence-corrected chi connectivity index (χ1v) is 7.55. The molecule has 0 amide bonds. The third kappa shape index (κ3) is 2.07. The highest BCUT2D eigenvalue weighted by Gasteiger charge is 2.44. The molecule has 1 aromatic rings. The zero-order valence-corrected chi connectivity index (χ0v) is 12.1. The fraction of sp³-hybridized carbons (Fsp3) is 0.750. The average Bonchev–Trinajstić information content (AvgIpc) is 2.65. The first-order valence-electron chi connectivity index (χ1n) is 5.87. The largest absolute Gasteiger partial charge is 0.384 e. The van der Waals surface area contributed by atoms with Gasteiger partial charge in [0.25, 0.3) is 0 Å². The number of thiazole rings is 1. The number of aliphatic hydroxyl groups is 1. The third-order valence-corrected chi connectivity index (χ3v) is 5.52. The molecule has 2 rings (SSSR count). The van der Waals surface area contributed by atoms with Gasteiger partial charge in [-0.15, -0.1) is 11.3 Å². The van der Waals surface area contributed by atoms with Crippen LogP contribution in [-0.2, 0) is 5.60 Å². The van der Waals surface area contributed by atoms with Crippen LogP contribution in [0, 0.1) is 11.8 Å². The Morgan fingerprint density at radius 3 is 2.88 bits per heavy atom. The maximum atomic E-state index is 11.0. The van der Waals surface area contributed by atoms with Crippen LogP contribution in [-0.4, -0.2) is 10.1 Å². The van der Waals surface area contributed by atoms with E-state index in [0.29, 0.717) is 11.8 Å². The Morgan fingerprint density at radius 1 is 1.56 bits per heavy atom. The van der Waals surface area contributed by atoms with Crippen LogP contribution >= 0.6 is 27.3 Å². The molecule has 2 unspecified atom stereocenters. The third-order valence-electron chi connectivity index (χ3n) is 3.66. The first kappa shape index (κ1) is 12.5. The second kappa shape index (κ2) is 4.75. The van der Waals surface area contributed by atoms with Crippen LogP contribution in [0.15, 0.2) is 10.1 Å². The Balaban J connectivity index is 2.37. The van der Waals surface area contributed by atoms with Gasteiger partial charge in [-0.3, -0.25) is 0 Å². The average molecular weight is 304 g/mol. The summed E-state index contributed by atoms with van der Waals surface area (Å²) in [5.74, 6) is 0.872. The maximum Gasteiger partial charge on any atom is 0.123 e. The Labute approximate surface area is 109 Å².